The number of rotatable bonds is 2. The van der Waals surface area contributed by atoms with Crippen molar-refractivity contribution in [1.29, 1.82) is 0 Å². The highest BCUT2D eigenvalue weighted by Crippen LogP contribution is 2.26. The number of halogens is 3. The van der Waals surface area contributed by atoms with Crippen LogP contribution in [0.25, 0.3) is 10.9 Å². The fourth-order valence-corrected chi connectivity index (χ4v) is 1.93. The number of hydrogen-bond acceptors (Lipinski definition) is 1. The van der Waals surface area contributed by atoms with Crippen molar-refractivity contribution in [2.45, 2.75) is 18.7 Å². The van der Waals surface area contributed by atoms with Crippen molar-refractivity contribution < 1.29 is 18.3 Å². The van der Waals surface area contributed by atoms with Gasteiger partial charge in [0.1, 0.15) is 0 Å². The molecule has 5 heteroatoms. The summed E-state index contributed by atoms with van der Waals surface area (Å²) in [6, 6.07) is 6.97. The highest BCUT2D eigenvalue weighted by Gasteiger charge is 2.38. The second kappa shape index (κ2) is 4.07. The largest absolute Gasteiger partial charge is 0.414 e. The molecule has 0 spiro atoms. The molecule has 0 saturated heterocycles. The van der Waals surface area contributed by atoms with Crippen molar-refractivity contribution in [3.8, 4) is 0 Å². The van der Waals surface area contributed by atoms with Gasteiger partial charge in [-0.1, -0.05) is 18.2 Å². The minimum Gasteiger partial charge on any atom is -0.383 e. The Kier molecular flexibility index (Phi) is 2.87. The Labute approximate surface area is 96.3 Å². The van der Waals surface area contributed by atoms with Gasteiger partial charge in [-0.2, -0.15) is 13.2 Å². The molecule has 2 aromatic rings. The zero-order valence-corrected chi connectivity index (χ0v) is 9.20. The number of aryl methyl sites for hydroxylation is 1. The first-order valence-electron chi connectivity index (χ1n) is 5.17. The van der Waals surface area contributed by atoms with E-state index in [0.29, 0.717) is 5.56 Å². The van der Waals surface area contributed by atoms with E-state index in [9.17, 15) is 13.2 Å². The number of nitrogens with zero attached hydrogens (tertiary/aromatic N) is 1. The molecule has 92 valence electrons. The van der Waals surface area contributed by atoms with Crippen molar-refractivity contribution >= 4 is 10.9 Å². The summed E-state index contributed by atoms with van der Waals surface area (Å²) in [5.41, 5.74) is 1.23. The third-order valence-corrected chi connectivity index (χ3v) is 2.77. The highest BCUT2D eigenvalue weighted by atomic mass is 19.4. The average Bonchev–Trinajstić information content (AvgIpc) is 2.60. The summed E-state index contributed by atoms with van der Waals surface area (Å²) >= 11 is 0. The third kappa shape index (κ3) is 2.29. The first-order valence-corrected chi connectivity index (χ1v) is 5.17. The molecule has 0 fully saturated rings. The molecular weight excluding hydrogens is 231 g/mol. The van der Waals surface area contributed by atoms with Crippen molar-refractivity contribution in [2.75, 3.05) is 0 Å². The monoisotopic (exact) mass is 243 g/mol. The summed E-state index contributed by atoms with van der Waals surface area (Å²) in [7, 11) is 1.77. The summed E-state index contributed by atoms with van der Waals surface area (Å²) in [4.78, 5) is 0. The Bertz CT molecular complexity index is 530. The number of alkyl halides is 3. The van der Waals surface area contributed by atoms with Gasteiger partial charge in [-0.25, -0.2) is 0 Å². The van der Waals surface area contributed by atoms with Gasteiger partial charge in [-0.15, -0.1) is 0 Å². The first-order chi connectivity index (χ1) is 7.89. The molecule has 0 aliphatic rings. The third-order valence-electron chi connectivity index (χ3n) is 2.77. The van der Waals surface area contributed by atoms with Crippen LogP contribution < -0.4 is 0 Å². The lowest BCUT2D eigenvalue weighted by molar-refractivity contribution is -0.203. The Hall–Kier alpha value is -1.49. The molecule has 0 radical (unpaired) electrons. The average molecular weight is 243 g/mol. The van der Waals surface area contributed by atoms with E-state index >= 15 is 0 Å². The number of hydrogen-bond donors (Lipinski definition) is 1. The van der Waals surface area contributed by atoms with Crippen LogP contribution in [0.2, 0.25) is 0 Å². The smallest absolute Gasteiger partial charge is 0.383 e. The van der Waals surface area contributed by atoms with Crippen LogP contribution in [0.5, 0.6) is 0 Å². The van der Waals surface area contributed by atoms with E-state index < -0.39 is 18.7 Å². The normalized spacial score (nSPS) is 14.2. The van der Waals surface area contributed by atoms with Crippen LogP contribution in [0.3, 0.4) is 0 Å². The van der Waals surface area contributed by atoms with E-state index in [1.165, 1.54) is 0 Å². The molecule has 0 amide bonds. The number of aliphatic hydroxyl groups is 1. The van der Waals surface area contributed by atoms with Gasteiger partial charge in [0.15, 0.2) is 6.10 Å². The highest BCUT2D eigenvalue weighted by molar-refractivity contribution is 5.83. The molecular formula is C12H12F3NO. The molecule has 1 N–H and O–H groups in total. The van der Waals surface area contributed by atoms with Crippen LogP contribution in [0.15, 0.2) is 30.5 Å². The summed E-state index contributed by atoms with van der Waals surface area (Å²) in [5.74, 6) is 0. The summed E-state index contributed by atoms with van der Waals surface area (Å²) < 4.78 is 38.7. The van der Waals surface area contributed by atoms with Gasteiger partial charge in [0, 0.05) is 19.7 Å². The maximum Gasteiger partial charge on any atom is 0.414 e. The SMILES string of the molecule is Cn1ccc2cccc(CC(O)C(F)(F)F)c21. The zero-order valence-electron chi connectivity index (χ0n) is 9.20. The van der Waals surface area contributed by atoms with Gasteiger partial charge in [0.2, 0.25) is 0 Å². The fraction of sp³-hybridized carbons (Fsp3) is 0.333. The lowest BCUT2D eigenvalue weighted by Gasteiger charge is -2.15. The molecule has 0 bridgehead atoms. The van der Waals surface area contributed by atoms with Gasteiger partial charge >= 0.3 is 6.18 Å². The predicted octanol–water partition coefficient (Wildman–Crippen LogP) is 2.64. The van der Waals surface area contributed by atoms with Crippen LogP contribution >= 0.6 is 0 Å². The molecule has 0 aliphatic carbocycles. The quantitative estimate of drug-likeness (QED) is 0.861. The zero-order chi connectivity index (χ0) is 12.6. The molecule has 2 nitrogen and oxygen atoms in total. The Morgan fingerprint density at radius 2 is 2.00 bits per heavy atom. The van der Waals surface area contributed by atoms with Gasteiger partial charge in [0.05, 0.1) is 5.52 Å². The van der Waals surface area contributed by atoms with Crippen molar-refractivity contribution in [2.24, 2.45) is 7.05 Å². The molecule has 1 unspecified atom stereocenters. The molecule has 0 aliphatic heterocycles. The standard InChI is InChI=1S/C12H12F3NO/c1-16-6-5-8-3-2-4-9(11(8)16)7-10(17)12(13,14)15/h2-6,10,17H,7H2,1H3. The van der Waals surface area contributed by atoms with Gasteiger partial charge in [-0.3, -0.25) is 0 Å². The van der Waals surface area contributed by atoms with Crippen LogP contribution in [-0.4, -0.2) is 22.0 Å². The van der Waals surface area contributed by atoms with Gasteiger partial charge in [-0.05, 0) is 17.0 Å². The lowest BCUT2D eigenvalue weighted by atomic mass is 10.0. The van der Waals surface area contributed by atoms with Crippen molar-refractivity contribution in [3.05, 3.63) is 36.0 Å². The molecule has 1 atom stereocenters. The van der Waals surface area contributed by atoms with Crippen LogP contribution in [0.4, 0.5) is 13.2 Å². The molecule has 0 saturated carbocycles. The molecule has 1 heterocycles. The second-order valence-corrected chi connectivity index (χ2v) is 4.04. The van der Waals surface area contributed by atoms with Gasteiger partial charge in [0.25, 0.3) is 0 Å². The Morgan fingerprint density at radius 3 is 2.65 bits per heavy atom. The Morgan fingerprint density at radius 1 is 1.29 bits per heavy atom. The van der Waals surface area contributed by atoms with Crippen LogP contribution in [-0.2, 0) is 13.5 Å². The van der Waals surface area contributed by atoms with Crippen molar-refractivity contribution in [3.63, 3.8) is 0 Å². The fourth-order valence-electron chi connectivity index (χ4n) is 1.93. The molecule has 1 aromatic heterocycles. The van der Waals surface area contributed by atoms with Gasteiger partial charge < -0.3 is 9.67 Å². The number of para-hydroxylation sites is 1. The van der Waals surface area contributed by atoms with E-state index in [4.69, 9.17) is 5.11 Å². The minimum absolute atomic E-state index is 0.418. The number of benzene rings is 1. The Balaban J connectivity index is 2.39. The number of aromatic nitrogens is 1. The lowest BCUT2D eigenvalue weighted by Crippen LogP contribution is -2.30. The topological polar surface area (TPSA) is 25.2 Å². The maximum absolute atomic E-state index is 12.3. The van der Waals surface area contributed by atoms with E-state index in [2.05, 4.69) is 0 Å². The van der Waals surface area contributed by atoms with E-state index in [1.54, 1.807) is 29.9 Å². The molecule has 1 aromatic carbocycles. The molecule has 2 rings (SSSR count). The van der Waals surface area contributed by atoms with E-state index in [1.807, 2.05) is 12.1 Å². The summed E-state index contributed by atoms with van der Waals surface area (Å²) in [6.45, 7) is 0. The summed E-state index contributed by atoms with van der Waals surface area (Å²) in [5, 5.41) is 9.97. The van der Waals surface area contributed by atoms with E-state index in [0.717, 1.165) is 10.9 Å². The van der Waals surface area contributed by atoms with E-state index in [-0.39, 0.29) is 0 Å². The maximum atomic E-state index is 12.3. The first kappa shape index (κ1) is 12.0. The summed E-state index contributed by atoms with van der Waals surface area (Å²) in [6.07, 6.45) is -5.52. The minimum atomic E-state index is -4.58. The molecule has 17 heavy (non-hydrogen) atoms. The van der Waals surface area contributed by atoms with Crippen LogP contribution in [0.1, 0.15) is 5.56 Å². The second-order valence-electron chi connectivity index (χ2n) is 4.04. The van der Waals surface area contributed by atoms with Crippen molar-refractivity contribution in [1.82, 2.24) is 4.57 Å². The number of fused-ring (bicyclic) bond motifs is 1. The number of aliphatic hydroxyl groups excluding tert-OH is 1. The van der Waals surface area contributed by atoms with Crippen LogP contribution in [0, 0.1) is 0 Å². The predicted molar refractivity (Wildman–Crippen MR) is 58.7 cm³/mol.